The highest BCUT2D eigenvalue weighted by Gasteiger charge is 2.68. The second-order valence-corrected chi connectivity index (χ2v) is 8.96. The molecule has 1 aliphatic heterocycles. The largest absolute Gasteiger partial charge is 0.455 e. The van der Waals surface area contributed by atoms with Crippen LogP contribution in [0.5, 0.6) is 0 Å². The van der Waals surface area contributed by atoms with Crippen molar-refractivity contribution in [3.63, 3.8) is 0 Å². The van der Waals surface area contributed by atoms with E-state index in [1.54, 1.807) is 6.92 Å². The normalized spacial score (nSPS) is 43.7. The number of hydrogen-bond acceptors (Lipinski definition) is 6. The van der Waals surface area contributed by atoms with E-state index in [1.807, 2.05) is 20.8 Å². The van der Waals surface area contributed by atoms with Gasteiger partial charge < -0.3 is 24.4 Å². The van der Waals surface area contributed by atoms with Crippen LogP contribution in [0.4, 0.5) is 0 Å². The van der Waals surface area contributed by atoms with Crippen LogP contribution in [0.2, 0.25) is 0 Å². The summed E-state index contributed by atoms with van der Waals surface area (Å²) < 4.78 is 18.4. The Labute approximate surface area is 155 Å². The molecule has 7 atom stereocenters. The van der Waals surface area contributed by atoms with Crippen LogP contribution in [0.15, 0.2) is 11.6 Å². The first-order valence-electron chi connectivity index (χ1n) is 9.51. The molecule has 2 fully saturated rings. The van der Waals surface area contributed by atoms with Gasteiger partial charge in [-0.15, -0.1) is 0 Å². The van der Waals surface area contributed by atoms with E-state index in [2.05, 4.69) is 13.0 Å². The van der Waals surface area contributed by atoms with Crippen LogP contribution >= 0.6 is 0 Å². The van der Waals surface area contributed by atoms with E-state index in [1.165, 1.54) is 6.92 Å². The Bertz CT molecular complexity index is 609. The highest BCUT2D eigenvalue weighted by atomic mass is 16.8. The number of aliphatic hydroxyl groups excluding tert-OH is 1. The summed E-state index contributed by atoms with van der Waals surface area (Å²) in [6.07, 6.45) is 2.75. The maximum absolute atomic E-state index is 11.7. The molecule has 0 aromatic heterocycles. The minimum Gasteiger partial charge on any atom is -0.455 e. The van der Waals surface area contributed by atoms with Crippen LogP contribution in [0.25, 0.3) is 0 Å². The number of rotatable bonds is 3. The maximum atomic E-state index is 11.7. The molecule has 6 heteroatoms. The Kier molecular flexibility index (Phi) is 4.80. The van der Waals surface area contributed by atoms with E-state index < -0.39 is 29.2 Å². The van der Waals surface area contributed by atoms with E-state index in [9.17, 15) is 15.0 Å². The number of esters is 1. The molecule has 1 saturated carbocycles. The lowest BCUT2D eigenvalue weighted by Crippen LogP contribution is -2.65. The fraction of sp³-hybridized carbons (Fsp3) is 0.850. The maximum Gasteiger partial charge on any atom is 0.303 e. The summed E-state index contributed by atoms with van der Waals surface area (Å²) in [5.41, 5.74) is -1.02. The van der Waals surface area contributed by atoms with Gasteiger partial charge in [0.25, 0.3) is 0 Å². The monoisotopic (exact) mass is 368 g/mol. The predicted octanol–water partition coefficient (Wildman–Crippen LogP) is 2.17. The summed E-state index contributed by atoms with van der Waals surface area (Å²) in [6, 6.07) is 0. The molecule has 0 radical (unpaired) electrons. The van der Waals surface area contributed by atoms with Crippen LogP contribution in [0, 0.1) is 17.8 Å². The smallest absolute Gasteiger partial charge is 0.303 e. The van der Waals surface area contributed by atoms with Gasteiger partial charge in [-0.05, 0) is 57.9 Å². The van der Waals surface area contributed by atoms with Gasteiger partial charge in [-0.3, -0.25) is 4.79 Å². The third-order valence-corrected chi connectivity index (χ3v) is 6.49. The molecule has 1 heterocycles. The zero-order valence-corrected chi connectivity index (χ0v) is 16.6. The number of ether oxygens (including phenoxy) is 3. The zero-order valence-electron chi connectivity index (χ0n) is 16.6. The topological polar surface area (TPSA) is 85.2 Å². The number of aliphatic hydroxyl groups is 2. The Hall–Kier alpha value is -0.950. The second kappa shape index (κ2) is 6.30. The number of carbonyl (C=O) groups excluding carboxylic acids is 1. The molecule has 2 N–H and O–H groups in total. The number of carbonyl (C=O) groups is 1. The molecular weight excluding hydrogens is 336 g/mol. The summed E-state index contributed by atoms with van der Waals surface area (Å²) in [4.78, 5) is 11.7. The Morgan fingerprint density at radius 3 is 2.65 bits per heavy atom. The standard InChI is InChI=1S/C20H32O6/c1-11-9-15-14(19(6,23)10-21)8-7-12(2)20(15)17(16(11)24-13(3)22)25-18(4,5)26-20/h9,12,14-17,21,23H,7-8,10H2,1-6H3/t12-,14-,15+,16-,17+,19?,20+/m1/s1. The lowest BCUT2D eigenvalue weighted by molar-refractivity contribution is -0.212. The lowest BCUT2D eigenvalue weighted by Gasteiger charge is -2.56. The highest BCUT2D eigenvalue weighted by Crippen LogP contribution is 2.59. The van der Waals surface area contributed by atoms with Gasteiger partial charge in [0.05, 0.1) is 12.2 Å². The Balaban J connectivity index is 2.14. The minimum absolute atomic E-state index is 0.132. The van der Waals surface area contributed by atoms with Crippen LogP contribution < -0.4 is 0 Å². The molecule has 1 saturated heterocycles. The van der Waals surface area contributed by atoms with E-state index in [4.69, 9.17) is 14.2 Å². The van der Waals surface area contributed by atoms with Crippen molar-refractivity contribution in [1.29, 1.82) is 0 Å². The second-order valence-electron chi connectivity index (χ2n) is 8.96. The van der Waals surface area contributed by atoms with Crippen LogP contribution in [-0.2, 0) is 19.0 Å². The molecule has 0 amide bonds. The van der Waals surface area contributed by atoms with Gasteiger partial charge in [0, 0.05) is 12.8 Å². The third-order valence-electron chi connectivity index (χ3n) is 6.49. The van der Waals surface area contributed by atoms with Gasteiger partial charge in [0.2, 0.25) is 0 Å². The van der Waals surface area contributed by atoms with Crippen molar-refractivity contribution < 1.29 is 29.2 Å². The van der Waals surface area contributed by atoms with E-state index in [0.29, 0.717) is 0 Å². The fourth-order valence-corrected chi connectivity index (χ4v) is 5.33. The minimum atomic E-state index is -1.22. The molecule has 0 aromatic carbocycles. The third kappa shape index (κ3) is 2.91. The summed E-state index contributed by atoms with van der Waals surface area (Å²) in [7, 11) is 0. The molecule has 0 bridgehead atoms. The Morgan fingerprint density at radius 2 is 2.08 bits per heavy atom. The van der Waals surface area contributed by atoms with Gasteiger partial charge in [-0.2, -0.15) is 0 Å². The van der Waals surface area contributed by atoms with Crippen LogP contribution in [0.3, 0.4) is 0 Å². The van der Waals surface area contributed by atoms with Crippen molar-refractivity contribution in [1.82, 2.24) is 0 Å². The summed E-state index contributed by atoms with van der Waals surface area (Å²) in [5, 5.41) is 20.6. The van der Waals surface area contributed by atoms with Gasteiger partial charge in [0.15, 0.2) is 11.9 Å². The van der Waals surface area contributed by atoms with Gasteiger partial charge in [-0.1, -0.05) is 13.0 Å². The number of hydrogen-bond donors (Lipinski definition) is 2. The molecular formula is C20H32O6. The zero-order chi connectivity index (χ0) is 19.5. The first-order chi connectivity index (χ1) is 11.9. The SMILES string of the molecule is CC(=O)O[C@@H]1C(C)=C[C@H]2[C@H](C(C)(O)CO)CC[C@@H](C)[C@]23OC(C)(C)O[C@@H]13. The molecule has 1 unspecified atom stereocenters. The summed E-state index contributed by atoms with van der Waals surface area (Å²) in [6.45, 7) is 10.6. The average Bonchev–Trinajstić information content (AvgIpc) is 2.81. The van der Waals surface area contributed by atoms with Crippen LogP contribution in [0.1, 0.15) is 54.4 Å². The van der Waals surface area contributed by atoms with E-state index >= 15 is 0 Å². The van der Waals surface area contributed by atoms with Gasteiger partial charge in [0.1, 0.15) is 11.7 Å². The molecule has 1 spiro atoms. The van der Waals surface area contributed by atoms with E-state index in [0.717, 1.165) is 18.4 Å². The summed E-state index contributed by atoms with van der Waals surface area (Å²) in [5.74, 6) is -1.32. The lowest BCUT2D eigenvalue weighted by atomic mass is 9.55. The van der Waals surface area contributed by atoms with E-state index in [-0.39, 0.29) is 30.3 Å². The summed E-state index contributed by atoms with van der Waals surface area (Å²) >= 11 is 0. The molecule has 3 aliphatic rings. The fourth-order valence-electron chi connectivity index (χ4n) is 5.33. The average molecular weight is 368 g/mol. The molecule has 3 rings (SSSR count). The first kappa shape index (κ1) is 19.8. The van der Waals surface area contributed by atoms with Crippen molar-refractivity contribution >= 4 is 5.97 Å². The molecule has 26 heavy (non-hydrogen) atoms. The quantitative estimate of drug-likeness (QED) is 0.587. The van der Waals surface area contributed by atoms with Crippen LogP contribution in [-0.4, -0.2) is 52.0 Å². The van der Waals surface area contributed by atoms with Gasteiger partial charge in [-0.25, -0.2) is 0 Å². The van der Waals surface area contributed by atoms with Crippen molar-refractivity contribution in [3.8, 4) is 0 Å². The molecule has 6 nitrogen and oxygen atoms in total. The van der Waals surface area contributed by atoms with Crippen molar-refractivity contribution in [2.24, 2.45) is 17.8 Å². The highest BCUT2D eigenvalue weighted by molar-refractivity contribution is 5.66. The molecule has 0 aromatic rings. The molecule has 148 valence electrons. The Morgan fingerprint density at radius 1 is 1.42 bits per heavy atom. The van der Waals surface area contributed by atoms with Crippen molar-refractivity contribution in [2.75, 3.05) is 6.61 Å². The van der Waals surface area contributed by atoms with Crippen molar-refractivity contribution in [3.05, 3.63) is 11.6 Å². The van der Waals surface area contributed by atoms with Crippen molar-refractivity contribution in [2.45, 2.75) is 83.6 Å². The van der Waals surface area contributed by atoms with Gasteiger partial charge >= 0.3 is 5.97 Å². The predicted molar refractivity (Wildman–Crippen MR) is 95.2 cm³/mol. The molecule has 2 aliphatic carbocycles. The first-order valence-corrected chi connectivity index (χ1v) is 9.51.